The number of carbonyl (C=O) groups excluding carboxylic acids is 1. The summed E-state index contributed by atoms with van der Waals surface area (Å²) in [5, 5.41) is 0.220. The molecular formula is C9H9Cl2NO4S. The van der Waals surface area contributed by atoms with Crippen LogP contribution >= 0.6 is 23.2 Å². The third-order valence-corrected chi connectivity index (χ3v) is 2.84. The molecule has 0 saturated heterocycles. The molecule has 0 spiro atoms. The first-order chi connectivity index (χ1) is 7.74. The minimum absolute atomic E-state index is 0.0170. The molecule has 0 fully saturated rings. The number of esters is 1. The molecular weight excluding hydrogens is 289 g/mol. The number of hydrogen-bond acceptors (Lipinski definition) is 4. The lowest BCUT2D eigenvalue weighted by Crippen LogP contribution is -2.14. The van der Waals surface area contributed by atoms with Gasteiger partial charge >= 0.3 is 5.97 Å². The van der Waals surface area contributed by atoms with Gasteiger partial charge in [-0.25, -0.2) is 13.2 Å². The number of halogens is 2. The average Bonchev–Trinajstić information content (AvgIpc) is 2.19. The van der Waals surface area contributed by atoms with E-state index in [9.17, 15) is 13.2 Å². The first kappa shape index (κ1) is 14.1. The second-order valence-corrected chi connectivity index (χ2v) is 5.77. The molecule has 0 aliphatic heterocycles. The van der Waals surface area contributed by atoms with Gasteiger partial charge in [-0.1, -0.05) is 23.2 Å². The van der Waals surface area contributed by atoms with Crippen LogP contribution in [0.5, 0.6) is 0 Å². The molecule has 0 unspecified atom stereocenters. The molecule has 1 aromatic rings. The first-order valence-corrected chi connectivity index (χ1v) is 6.94. The molecule has 0 atom stereocenters. The van der Waals surface area contributed by atoms with Crippen molar-refractivity contribution in [2.24, 2.45) is 0 Å². The van der Waals surface area contributed by atoms with Crippen LogP contribution in [0.1, 0.15) is 10.4 Å². The molecule has 1 rings (SSSR count). The average molecular weight is 298 g/mol. The summed E-state index contributed by atoms with van der Waals surface area (Å²) in [5.74, 6) is -0.736. The van der Waals surface area contributed by atoms with E-state index in [0.717, 1.165) is 6.26 Å². The quantitative estimate of drug-likeness (QED) is 0.868. The van der Waals surface area contributed by atoms with Gasteiger partial charge in [0.25, 0.3) is 0 Å². The van der Waals surface area contributed by atoms with Crippen molar-refractivity contribution in [3.63, 3.8) is 0 Å². The van der Waals surface area contributed by atoms with Gasteiger partial charge in [-0.05, 0) is 12.1 Å². The standard InChI is InChI=1S/C9H9Cl2NO4S/c1-16-9(13)6-3-5(10)4-7(11)8(6)12-17(2,14)15/h3-4,12H,1-2H3. The fraction of sp³-hybridized carbons (Fsp3) is 0.222. The third-order valence-electron chi connectivity index (χ3n) is 1.75. The zero-order valence-corrected chi connectivity index (χ0v) is 11.3. The Morgan fingerprint density at radius 2 is 1.94 bits per heavy atom. The van der Waals surface area contributed by atoms with Crippen LogP contribution in [0, 0.1) is 0 Å². The van der Waals surface area contributed by atoms with E-state index >= 15 is 0 Å². The molecule has 0 heterocycles. The monoisotopic (exact) mass is 297 g/mol. The summed E-state index contributed by atoms with van der Waals surface area (Å²) in [6.45, 7) is 0. The molecule has 17 heavy (non-hydrogen) atoms. The van der Waals surface area contributed by atoms with Gasteiger partial charge in [0.1, 0.15) is 0 Å². The Morgan fingerprint density at radius 3 is 2.41 bits per heavy atom. The van der Waals surface area contributed by atoms with E-state index < -0.39 is 16.0 Å². The highest BCUT2D eigenvalue weighted by Gasteiger charge is 2.18. The minimum Gasteiger partial charge on any atom is -0.465 e. The van der Waals surface area contributed by atoms with Gasteiger partial charge in [0.05, 0.1) is 29.6 Å². The molecule has 0 radical (unpaired) electrons. The maximum Gasteiger partial charge on any atom is 0.340 e. The number of anilines is 1. The lowest BCUT2D eigenvalue weighted by Gasteiger charge is -2.11. The molecule has 0 aliphatic carbocycles. The van der Waals surface area contributed by atoms with E-state index in [0.29, 0.717) is 0 Å². The van der Waals surface area contributed by atoms with Gasteiger partial charge in [-0.15, -0.1) is 0 Å². The third kappa shape index (κ3) is 3.76. The highest BCUT2D eigenvalue weighted by Crippen LogP contribution is 2.31. The number of rotatable bonds is 3. The Bertz CT molecular complexity index is 556. The van der Waals surface area contributed by atoms with E-state index in [1.165, 1.54) is 19.2 Å². The number of hydrogen-bond donors (Lipinski definition) is 1. The molecule has 0 amide bonds. The zero-order chi connectivity index (χ0) is 13.2. The number of sulfonamides is 1. The number of carbonyl (C=O) groups is 1. The fourth-order valence-electron chi connectivity index (χ4n) is 1.13. The summed E-state index contributed by atoms with van der Waals surface area (Å²) in [4.78, 5) is 11.5. The maximum atomic E-state index is 11.5. The van der Waals surface area contributed by atoms with Crippen molar-refractivity contribution in [2.75, 3.05) is 18.1 Å². The van der Waals surface area contributed by atoms with E-state index in [2.05, 4.69) is 9.46 Å². The predicted octanol–water partition coefficient (Wildman–Crippen LogP) is 2.15. The van der Waals surface area contributed by atoms with Crippen LogP contribution in [-0.2, 0) is 14.8 Å². The van der Waals surface area contributed by atoms with Gasteiger partial charge in [0, 0.05) is 5.02 Å². The largest absolute Gasteiger partial charge is 0.465 e. The van der Waals surface area contributed by atoms with Crippen molar-refractivity contribution < 1.29 is 17.9 Å². The van der Waals surface area contributed by atoms with E-state index in [1.54, 1.807) is 0 Å². The predicted molar refractivity (Wildman–Crippen MR) is 66.3 cm³/mol. The van der Waals surface area contributed by atoms with Crippen LogP contribution in [0.25, 0.3) is 0 Å². The SMILES string of the molecule is COC(=O)c1cc(Cl)cc(Cl)c1NS(C)(=O)=O. The first-order valence-electron chi connectivity index (χ1n) is 4.29. The summed E-state index contributed by atoms with van der Waals surface area (Å²) < 4.78 is 28.9. The van der Waals surface area contributed by atoms with Gasteiger partial charge in [0.15, 0.2) is 0 Å². The van der Waals surface area contributed by atoms with Crippen molar-refractivity contribution in [3.8, 4) is 0 Å². The van der Waals surface area contributed by atoms with Crippen LogP contribution in [0.3, 0.4) is 0 Å². The Kier molecular flexibility index (Phi) is 4.24. The molecule has 0 aromatic heterocycles. The number of methoxy groups -OCH3 is 1. The highest BCUT2D eigenvalue weighted by molar-refractivity contribution is 7.92. The molecule has 5 nitrogen and oxygen atoms in total. The number of nitrogens with one attached hydrogen (secondary N) is 1. The van der Waals surface area contributed by atoms with Gasteiger partial charge in [-0.2, -0.15) is 0 Å². The Balaban J connectivity index is 3.40. The number of benzene rings is 1. The van der Waals surface area contributed by atoms with Crippen LogP contribution < -0.4 is 4.72 Å². The lowest BCUT2D eigenvalue weighted by molar-refractivity contribution is 0.0602. The van der Waals surface area contributed by atoms with Crippen molar-refractivity contribution in [2.45, 2.75) is 0 Å². The molecule has 8 heteroatoms. The van der Waals surface area contributed by atoms with Crippen molar-refractivity contribution in [1.29, 1.82) is 0 Å². The molecule has 94 valence electrons. The topological polar surface area (TPSA) is 72.5 Å². The summed E-state index contributed by atoms with van der Waals surface area (Å²) in [6.07, 6.45) is 0.943. The van der Waals surface area contributed by atoms with Crippen molar-refractivity contribution in [3.05, 3.63) is 27.7 Å². The smallest absolute Gasteiger partial charge is 0.340 e. The molecule has 0 aliphatic rings. The van der Waals surface area contributed by atoms with Crippen molar-refractivity contribution >= 4 is 44.9 Å². The summed E-state index contributed by atoms with van der Waals surface area (Å²) in [5.41, 5.74) is -0.0964. The van der Waals surface area contributed by atoms with Gasteiger partial charge < -0.3 is 4.74 Å². The van der Waals surface area contributed by atoms with Crippen LogP contribution in [0.2, 0.25) is 10.0 Å². The van der Waals surface area contributed by atoms with E-state index in [1.807, 2.05) is 0 Å². The molecule has 1 aromatic carbocycles. The van der Waals surface area contributed by atoms with Gasteiger partial charge in [-0.3, -0.25) is 4.72 Å². The Hall–Kier alpha value is -0.980. The summed E-state index contributed by atoms with van der Waals surface area (Å²) >= 11 is 11.5. The van der Waals surface area contributed by atoms with E-state index in [-0.39, 0.29) is 21.3 Å². The fourth-order valence-corrected chi connectivity index (χ4v) is 2.32. The van der Waals surface area contributed by atoms with Gasteiger partial charge in [0.2, 0.25) is 10.0 Å². The van der Waals surface area contributed by atoms with E-state index in [4.69, 9.17) is 23.2 Å². The molecule has 0 bridgehead atoms. The second kappa shape index (κ2) is 5.12. The normalized spacial score (nSPS) is 11.1. The van der Waals surface area contributed by atoms with Crippen LogP contribution in [-0.4, -0.2) is 27.8 Å². The summed E-state index contributed by atoms with van der Waals surface area (Å²) in [6, 6.07) is 2.59. The maximum absolute atomic E-state index is 11.5. The Labute approximate surface area is 109 Å². The van der Waals surface area contributed by atoms with Crippen LogP contribution in [0.15, 0.2) is 12.1 Å². The lowest BCUT2D eigenvalue weighted by atomic mass is 10.2. The molecule has 0 saturated carbocycles. The Morgan fingerprint density at radius 1 is 1.35 bits per heavy atom. The highest BCUT2D eigenvalue weighted by atomic mass is 35.5. The van der Waals surface area contributed by atoms with Crippen molar-refractivity contribution in [1.82, 2.24) is 0 Å². The summed E-state index contributed by atoms with van der Waals surface area (Å²) in [7, 11) is -2.39. The minimum atomic E-state index is -3.56. The molecule has 1 N–H and O–H groups in total. The van der Waals surface area contributed by atoms with Crippen LogP contribution in [0.4, 0.5) is 5.69 Å². The number of ether oxygens (including phenoxy) is 1. The zero-order valence-electron chi connectivity index (χ0n) is 8.95. The second-order valence-electron chi connectivity index (χ2n) is 3.18.